The lowest BCUT2D eigenvalue weighted by Crippen LogP contribution is -2.11. The Bertz CT molecular complexity index is 1330. The van der Waals surface area contributed by atoms with Gasteiger partial charge >= 0.3 is 0 Å². The Kier molecular flexibility index (Phi) is 2.93. The predicted octanol–water partition coefficient (Wildman–Crippen LogP) is 7.36. The highest BCUT2D eigenvalue weighted by atomic mass is 32.2. The highest BCUT2D eigenvalue weighted by molar-refractivity contribution is 7.99. The predicted molar refractivity (Wildman–Crippen MR) is 115 cm³/mol. The zero-order chi connectivity index (χ0) is 22.4. The maximum absolute atomic E-state index is 8.59. The van der Waals surface area contributed by atoms with E-state index in [1.165, 1.54) is 0 Å². The zero-order valence-corrected chi connectivity index (χ0v) is 15.1. The summed E-state index contributed by atoms with van der Waals surface area (Å²) in [5, 5.41) is 3.45. The molecule has 1 aliphatic rings. The summed E-state index contributed by atoms with van der Waals surface area (Å²) in [5.41, 5.74) is 3.37. The largest absolute Gasteiger partial charge is 0.355 e. The van der Waals surface area contributed by atoms with Crippen LogP contribution in [0.5, 0.6) is 0 Å². The summed E-state index contributed by atoms with van der Waals surface area (Å²) in [6.07, 6.45) is 0. The van der Waals surface area contributed by atoms with Crippen molar-refractivity contribution in [3.05, 3.63) is 103 Å². The first-order valence-corrected chi connectivity index (χ1v) is 9.37. The summed E-state index contributed by atoms with van der Waals surface area (Å²) in [7, 11) is 0. The fraction of sp³-hybridized carbons (Fsp3) is 0. The molecule has 0 atom stereocenters. The molecule has 0 unspecified atom stereocenters. The van der Waals surface area contributed by atoms with Gasteiger partial charge < -0.3 is 10.2 Å². The van der Waals surface area contributed by atoms with Crippen LogP contribution in [0.4, 0.5) is 28.4 Å². The molecule has 5 rings (SSSR count). The topological polar surface area (TPSA) is 15.3 Å². The van der Waals surface area contributed by atoms with Crippen molar-refractivity contribution in [3.8, 4) is 0 Å². The van der Waals surface area contributed by atoms with Crippen molar-refractivity contribution in [2.75, 3.05) is 10.2 Å². The third-order valence-electron chi connectivity index (χ3n) is 4.31. The number of hydrogen-bond donors (Lipinski definition) is 1. The Balaban J connectivity index is 1.85. The van der Waals surface area contributed by atoms with Crippen LogP contribution in [0.2, 0.25) is 0 Å². The molecule has 4 aromatic rings. The molecule has 1 N–H and O–H groups in total. The quantitative estimate of drug-likeness (QED) is 0.331. The Morgan fingerprint density at radius 3 is 2.41 bits per heavy atom. The van der Waals surface area contributed by atoms with E-state index in [-0.39, 0.29) is 29.9 Å². The third-order valence-corrected chi connectivity index (χ3v) is 5.45. The van der Waals surface area contributed by atoms with E-state index in [1.54, 1.807) is 16.7 Å². The zero-order valence-electron chi connectivity index (χ0n) is 19.3. The normalized spacial score (nSPS) is 15.1. The van der Waals surface area contributed by atoms with Crippen molar-refractivity contribution < 1.29 is 6.85 Å². The molecule has 27 heavy (non-hydrogen) atoms. The van der Waals surface area contributed by atoms with Crippen molar-refractivity contribution in [3.63, 3.8) is 0 Å². The molecular weight excluding hydrogens is 348 g/mol. The standard InChI is InChI=1S/C24H18N2S/c1-2-10-19(11-3-1)26-20-12-8-9-18(17-20)25-21-13-4-6-15-23(21)27-24-16-7-5-14-22(24)26/h1-17,25H/i1D,2D,3D,10D,11D. The van der Waals surface area contributed by atoms with Crippen molar-refractivity contribution in [1.29, 1.82) is 0 Å². The minimum absolute atomic E-state index is 0.120. The summed E-state index contributed by atoms with van der Waals surface area (Å²) in [4.78, 5) is 3.68. The highest BCUT2D eigenvalue weighted by Gasteiger charge is 2.18. The molecule has 3 heteroatoms. The average Bonchev–Trinajstić information content (AvgIpc) is 2.81. The van der Waals surface area contributed by atoms with Gasteiger partial charge in [0.2, 0.25) is 0 Å². The molecule has 0 saturated carbocycles. The third kappa shape index (κ3) is 3.07. The number of rotatable bonds is 1. The molecule has 0 aliphatic carbocycles. The van der Waals surface area contributed by atoms with Crippen LogP contribution in [0.25, 0.3) is 0 Å². The number of para-hydroxylation sites is 3. The van der Waals surface area contributed by atoms with Gasteiger partial charge in [-0.05, 0) is 54.5 Å². The second kappa shape index (κ2) is 6.86. The number of hydrogen-bond acceptors (Lipinski definition) is 3. The fourth-order valence-electron chi connectivity index (χ4n) is 3.13. The van der Waals surface area contributed by atoms with Gasteiger partial charge in [-0.25, -0.2) is 0 Å². The lowest BCUT2D eigenvalue weighted by molar-refractivity contribution is 1.22. The number of anilines is 5. The number of nitrogens with zero attached hydrogens (tertiary/aromatic N) is 1. The van der Waals surface area contributed by atoms with Gasteiger partial charge in [0.05, 0.1) is 18.2 Å². The average molecular weight is 372 g/mol. The van der Waals surface area contributed by atoms with Gasteiger partial charge in [0.1, 0.15) is 0 Å². The van der Waals surface area contributed by atoms with Gasteiger partial charge in [0, 0.05) is 26.9 Å². The monoisotopic (exact) mass is 371 g/mol. The first-order valence-electron chi connectivity index (χ1n) is 11.1. The summed E-state index contributed by atoms with van der Waals surface area (Å²) < 4.78 is 41.5. The van der Waals surface area contributed by atoms with E-state index in [9.17, 15) is 0 Å². The smallest absolute Gasteiger partial charge is 0.0645 e. The van der Waals surface area contributed by atoms with Crippen LogP contribution >= 0.6 is 11.8 Å². The molecule has 0 saturated heterocycles. The number of fused-ring (bicyclic) bond motifs is 4. The second-order valence-electron chi connectivity index (χ2n) is 6.05. The van der Waals surface area contributed by atoms with Gasteiger partial charge in [-0.3, -0.25) is 0 Å². The summed E-state index contributed by atoms with van der Waals surface area (Å²) in [6.45, 7) is 0. The Morgan fingerprint density at radius 1 is 0.741 bits per heavy atom. The van der Waals surface area contributed by atoms with Crippen LogP contribution in [-0.2, 0) is 0 Å². The van der Waals surface area contributed by atoms with Crippen molar-refractivity contribution >= 4 is 40.2 Å². The number of benzene rings is 4. The minimum Gasteiger partial charge on any atom is -0.355 e. The lowest BCUT2D eigenvalue weighted by Gasteiger charge is -2.29. The van der Waals surface area contributed by atoms with E-state index in [1.807, 2.05) is 72.8 Å². The van der Waals surface area contributed by atoms with Gasteiger partial charge in [-0.1, -0.05) is 60.2 Å². The molecule has 4 aromatic carbocycles. The van der Waals surface area contributed by atoms with E-state index in [0.717, 1.165) is 26.9 Å². The van der Waals surface area contributed by atoms with Gasteiger partial charge in [0.15, 0.2) is 0 Å². The summed E-state index contributed by atoms with van der Waals surface area (Å²) >= 11 is 1.56. The molecule has 0 spiro atoms. The van der Waals surface area contributed by atoms with E-state index in [0.29, 0.717) is 5.69 Å². The van der Waals surface area contributed by atoms with Crippen molar-refractivity contribution in [1.82, 2.24) is 0 Å². The Hall–Kier alpha value is -3.17. The first kappa shape index (κ1) is 11.5. The maximum atomic E-state index is 8.59. The molecule has 0 aromatic heterocycles. The second-order valence-corrected chi connectivity index (χ2v) is 7.13. The summed E-state index contributed by atoms with van der Waals surface area (Å²) in [5.74, 6) is 0. The van der Waals surface area contributed by atoms with Crippen LogP contribution in [0.3, 0.4) is 0 Å². The van der Waals surface area contributed by atoms with Gasteiger partial charge in [0.25, 0.3) is 0 Å². The van der Waals surface area contributed by atoms with Crippen LogP contribution in [0, 0.1) is 0 Å². The van der Waals surface area contributed by atoms with Gasteiger partial charge in [-0.15, -0.1) is 0 Å². The van der Waals surface area contributed by atoms with Crippen LogP contribution in [0.15, 0.2) is 113 Å². The van der Waals surface area contributed by atoms with Crippen molar-refractivity contribution in [2.24, 2.45) is 0 Å². The highest BCUT2D eigenvalue weighted by Crippen LogP contribution is 2.45. The first-order chi connectivity index (χ1) is 15.5. The molecule has 2 bridgehead atoms. The molecular formula is C24H18N2S. The molecule has 1 aliphatic heterocycles. The van der Waals surface area contributed by atoms with E-state index in [2.05, 4.69) is 5.32 Å². The van der Waals surface area contributed by atoms with Crippen LogP contribution < -0.4 is 10.2 Å². The van der Waals surface area contributed by atoms with E-state index < -0.39 is 6.04 Å². The summed E-state index contributed by atoms with van der Waals surface area (Å²) in [6, 6.07) is 21.7. The Labute approximate surface area is 170 Å². The van der Waals surface area contributed by atoms with E-state index >= 15 is 0 Å². The molecule has 0 fully saturated rings. The molecule has 0 amide bonds. The molecule has 130 valence electrons. The van der Waals surface area contributed by atoms with Gasteiger partial charge in [-0.2, -0.15) is 0 Å². The van der Waals surface area contributed by atoms with Crippen LogP contribution in [0.1, 0.15) is 6.85 Å². The fourth-order valence-corrected chi connectivity index (χ4v) is 4.15. The SMILES string of the molecule is [2H]c1c([2H])c([2H])c(N2c3cccc(c3)Nc3ccccc3Sc3ccccc32)c([2H])c1[2H]. The lowest BCUT2D eigenvalue weighted by atomic mass is 10.1. The Morgan fingerprint density at radius 2 is 1.52 bits per heavy atom. The minimum atomic E-state index is -0.406. The maximum Gasteiger partial charge on any atom is 0.0645 e. The van der Waals surface area contributed by atoms with Crippen molar-refractivity contribution in [2.45, 2.75) is 9.79 Å². The molecule has 0 radical (unpaired) electrons. The van der Waals surface area contributed by atoms with E-state index in [4.69, 9.17) is 6.85 Å². The molecule has 2 nitrogen and oxygen atoms in total. The number of nitrogens with one attached hydrogen (secondary N) is 1. The van der Waals surface area contributed by atoms with Crippen LogP contribution in [-0.4, -0.2) is 0 Å². The molecule has 1 heterocycles.